The molecule has 0 aliphatic carbocycles. The van der Waals surface area contributed by atoms with E-state index in [4.69, 9.17) is 0 Å². The third-order valence-electron chi connectivity index (χ3n) is 3.73. The highest BCUT2D eigenvalue weighted by Crippen LogP contribution is 2.31. The van der Waals surface area contributed by atoms with Gasteiger partial charge in [0.05, 0.1) is 0 Å². The Morgan fingerprint density at radius 1 is 0.833 bits per heavy atom. The van der Waals surface area contributed by atoms with E-state index in [0.717, 1.165) is 6.54 Å². The van der Waals surface area contributed by atoms with Gasteiger partial charge in [-0.15, -0.1) is 0 Å². The largest absolute Gasteiger partial charge is 0.310 e. The average molecular weight is 237 g/mol. The molecule has 2 aromatic rings. The molecule has 3 rings (SSSR count). The van der Waals surface area contributed by atoms with E-state index in [-0.39, 0.29) is 0 Å². The van der Waals surface area contributed by atoms with Gasteiger partial charge >= 0.3 is 0 Å². The molecule has 0 aromatic heterocycles. The minimum absolute atomic E-state index is 0.523. The van der Waals surface area contributed by atoms with Crippen LogP contribution in [0.3, 0.4) is 0 Å². The predicted octanol–water partition coefficient (Wildman–Crippen LogP) is 4.17. The average Bonchev–Trinajstić information content (AvgIpc) is 2.49. The lowest BCUT2D eigenvalue weighted by molar-refractivity contribution is 0.413. The van der Waals surface area contributed by atoms with Gasteiger partial charge in [0.25, 0.3) is 0 Å². The van der Waals surface area contributed by atoms with Crippen molar-refractivity contribution in [1.29, 1.82) is 0 Å². The number of hydrogen-bond acceptors (Lipinski definition) is 1. The van der Waals surface area contributed by atoms with Crippen LogP contribution in [0, 0.1) is 0 Å². The van der Waals surface area contributed by atoms with Gasteiger partial charge in [-0.25, -0.2) is 0 Å². The normalized spacial score (nSPS) is 19.7. The van der Waals surface area contributed by atoms with Gasteiger partial charge in [-0.05, 0) is 36.1 Å². The van der Waals surface area contributed by atoms with E-state index in [1.54, 1.807) is 0 Å². The molecule has 1 heteroatoms. The minimum Gasteiger partial charge on any atom is -0.310 e. The molecule has 18 heavy (non-hydrogen) atoms. The highest BCUT2D eigenvalue weighted by molar-refractivity contribution is 5.67. The summed E-state index contributed by atoms with van der Waals surface area (Å²) in [5.74, 6) is 0. The molecule has 1 N–H and O–H groups in total. The van der Waals surface area contributed by atoms with E-state index in [2.05, 4.69) is 59.9 Å². The lowest BCUT2D eigenvalue weighted by Crippen LogP contribution is -2.27. The van der Waals surface area contributed by atoms with Gasteiger partial charge in [0.2, 0.25) is 0 Å². The molecular weight excluding hydrogens is 218 g/mol. The number of rotatable bonds is 2. The van der Waals surface area contributed by atoms with Gasteiger partial charge in [-0.3, -0.25) is 0 Å². The highest BCUT2D eigenvalue weighted by atomic mass is 14.9. The number of nitrogens with one attached hydrogen (secondary N) is 1. The van der Waals surface area contributed by atoms with Crippen molar-refractivity contribution in [3.05, 3.63) is 60.2 Å². The SMILES string of the molecule is c1ccc(-c2ccccc2[C@H]2CCCCN2)cc1. The zero-order valence-electron chi connectivity index (χ0n) is 10.6. The van der Waals surface area contributed by atoms with Gasteiger partial charge < -0.3 is 5.32 Å². The van der Waals surface area contributed by atoms with Crippen molar-refractivity contribution < 1.29 is 0 Å². The van der Waals surface area contributed by atoms with Gasteiger partial charge in [-0.1, -0.05) is 61.0 Å². The Bertz CT molecular complexity index is 498. The molecule has 1 fully saturated rings. The van der Waals surface area contributed by atoms with Crippen LogP contribution in [0.4, 0.5) is 0 Å². The Labute approximate surface area is 109 Å². The van der Waals surface area contributed by atoms with Gasteiger partial charge in [0, 0.05) is 6.04 Å². The number of hydrogen-bond donors (Lipinski definition) is 1. The highest BCUT2D eigenvalue weighted by Gasteiger charge is 2.17. The maximum absolute atomic E-state index is 3.65. The molecule has 1 atom stereocenters. The molecule has 0 amide bonds. The zero-order valence-corrected chi connectivity index (χ0v) is 10.6. The van der Waals surface area contributed by atoms with Gasteiger partial charge in [0.1, 0.15) is 0 Å². The van der Waals surface area contributed by atoms with Crippen LogP contribution in [0.5, 0.6) is 0 Å². The summed E-state index contributed by atoms with van der Waals surface area (Å²) in [5.41, 5.74) is 4.14. The zero-order chi connectivity index (χ0) is 12.2. The van der Waals surface area contributed by atoms with Crippen LogP contribution >= 0.6 is 0 Å². The van der Waals surface area contributed by atoms with Crippen molar-refractivity contribution in [2.75, 3.05) is 6.54 Å². The van der Waals surface area contributed by atoms with Gasteiger partial charge in [0.15, 0.2) is 0 Å². The number of piperidine rings is 1. The molecule has 92 valence electrons. The molecule has 1 aliphatic heterocycles. The Balaban J connectivity index is 1.99. The monoisotopic (exact) mass is 237 g/mol. The Morgan fingerprint density at radius 3 is 2.39 bits per heavy atom. The van der Waals surface area contributed by atoms with Gasteiger partial charge in [-0.2, -0.15) is 0 Å². The Morgan fingerprint density at radius 2 is 1.61 bits per heavy atom. The van der Waals surface area contributed by atoms with Crippen molar-refractivity contribution in [1.82, 2.24) is 5.32 Å². The minimum atomic E-state index is 0.523. The van der Waals surface area contributed by atoms with E-state index in [1.807, 2.05) is 0 Å². The molecule has 0 radical (unpaired) electrons. The summed E-state index contributed by atoms with van der Waals surface area (Å²) in [6.45, 7) is 1.15. The molecule has 1 aliphatic rings. The van der Waals surface area contributed by atoms with Crippen LogP contribution in [0.15, 0.2) is 54.6 Å². The first-order valence-electron chi connectivity index (χ1n) is 6.83. The Hall–Kier alpha value is -1.60. The second-order valence-electron chi connectivity index (χ2n) is 4.96. The fraction of sp³-hybridized carbons (Fsp3) is 0.294. The molecule has 0 saturated carbocycles. The first-order chi connectivity index (χ1) is 8.95. The van der Waals surface area contributed by atoms with Crippen molar-refractivity contribution >= 4 is 0 Å². The molecule has 1 saturated heterocycles. The lowest BCUT2D eigenvalue weighted by atomic mass is 9.90. The van der Waals surface area contributed by atoms with Crippen molar-refractivity contribution in [2.45, 2.75) is 25.3 Å². The second kappa shape index (κ2) is 5.36. The summed E-state index contributed by atoms with van der Waals surface area (Å²) in [6, 6.07) is 20.0. The molecule has 1 heterocycles. The molecule has 0 spiro atoms. The first kappa shape index (κ1) is 11.5. The summed E-state index contributed by atoms with van der Waals surface area (Å²) in [4.78, 5) is 0. The lowest BCUT2D eigenvalue weighted by Gasteiger charge is -2.26. The third kappa shape index (κ3) is 2.32. The maximum Gasteiger partial charge on any atom is 0.0326 e. The van der Waals surface area contributed by atoms with Crippen molar-refractivity contribution in [3.63, 3.8) is 0 Å². The molecular formula is C17H19N. The van der Waals surface area contributed by atoms with Crippen molar-refractivity contribution in [3.8, 4) is 11.1 Å². The summed E-state index contributed by atoms with van der Waals surface area (Å²) < 4.78 is 0. The summed E-state index contributed by atoms with van der Waals surface area (Å²) in [5, 5.41) is 3.65. The molecule has 0 bridgehead atoms. The topological polar surface area (TPSA) is 12.0 Å². The quantitative estimate of drug-likeness (QED) is 0.826. The van der Waals surface area contributed by atoms with E-state index < -0.39 is 0 Å². The fourth-order valence-electron chi connectivity index (χ4n) is 2.80. The van der Waals surface area contributed by atoms with Crippen LogP contribution in [0.2, 0.25) is 0 Å². The summed E-state index contributed by atoms with van der Waals surface area (Å²) in [6.07, 6.45) is 3.90. The molecule has 2 aromatic carbocycles. The summed E-state index contributed by atoms with van der Waals surface area (Å²) >= 11 is 0. The van der Waals surface area contributed by atoms with E-state index in [1.165, 1.54) is 36.0 Å². The fourth-order valence-corrected chi connectivity index (χ4v) is 2.80. The van der Waals surface area contributed by atoms with E-state index in [9.17, 15) is 0 Å². The van der Waals surface area contributed by atoms with E-state index in [0.29, 0.717) is 6.04 Å². The number of benzene rings is 2. The molecule has 0 unspecified atom stereocenters. The van der Waals surface area contributed by atoms with Crippen LogP contribution in [-0.2, 0) is 0 Å². The Kier molecular flexibility index (Phi) is 3.42. The predicted molar refractivity (Wildman–Crippen MR) is 76.5 cm³/mol. The maximum atomic E-state index is 3.65. The van der Waals surface area contributed by atoms with Crippen LogP contribution < -0.4 is 5.32 Å². The molecule has 1 nitrogen and oxygen atoms in total. The van der Waals surface area contributed by atoms with Crippen LogP contribution in [-0.4, -0.2) is 6.54 Å². The van der Waals surface area contributed by atoms with Crippen molar-refractivity contribution in [2.24, 2.45) is 0 Å². The first-order valence-corrected chi connectivity index (χ1v) is 6.83. The second-order valence-corrected chi connectivity index (χ2v) is 4.96. The van der Waals surface area contributed by atoms with E-state index >= 15 is 0 Å². The standard InChI is InChI=1S/C17H19N/c1-2-8-14(9-3-1)15-10-4-5-11-16(15)17-12-6-7-13-18-17/h1-5,8-11,17-18H,6-7,12-13H2/t17-/m1/s1. The summed E-state index contributed by atoms with van der Waals surface area (Å²) in [7, 11) is 0. The van der Waals surface area contributed by atoms with Crippen LogP contribution in [0.1, 0.15) is 30.9 Å². The third-order valence-corrected chi connectivity index (χ3v) is 3.73. The van der Waals surface area contributed by atoms with Crippen LogP contribution in [0.25, 0.3) is 11.1 Å². The smallest absolute Gasteiger partial charge is 0.0326 e.